The van der Waals surface area contributed by atoms with Crippen molar-refractivity contribution < 1.29 is 19.1 Å². The summed E-state index contributed by atoms with van der Waals surface area (Å²) in [6.45, 7) is 5.22. The summed E-state index contributed by atoms with van der Waals surface area (Å²) in [5.41, 5.74) is 6.12. The summed E-state index contributed by atoms with van der Waals surface area (Å²) in [5.74, 6) is -1.11. The number of allylic oxidation sites excluding steroid dienone is 1. The smallest absolute Gasteiger partial charge is 0.323 e. The van der Waals surface area contributed by atoms with Gasteiger partial charge in [0.05, 0.1) is 0 Å². The minimum absolute atomic E-state index is 0.0200. The van der Waals surface area contributed by atoms with Crippen LogP contribution in [0.1, 0.15) is 47.9 Å². The van der Waals surface area contributed by atoms with Gasteiger partial charge in [0.15, 0.2) is 11.6 Å². The molecule has 0 saturated carbocycles. The van der Waals surface area contributed by atoms with Crippen molar-refractivity contribution in [1.29, 1.82) is 0 Å². The quantitative estimate of drug-likeness (QED) is 0.863. The van der Waals surface area contributed by atoms with Gasteiger partial charge in [0.25, 0.3) is 0 Å². The number of carbonyl (C=O) groups is 3. The van der Waals surface area contributed by atoms with Gasteiger partial charge in [-0.05, 0) is 26.8 Å². The first-order valence-electron chi connectivity index (χ1n) is 7.06. The van der Waals surface area contributed by atoms with Crippen molar-refractivity contribution in [2.75, 3.05) is 0 Å². The average molecular weight is 301 g/mol. The van der Waals surface area contributed by atoms with Gasteiger partial charge in [0, 0.05) is 23.1 Å². The van der Waals surface area contributed by atoms with E-state index in [1.165, 1.54) is 6.08 Å². The Balaban J connectivity index is 2.16. The summed E-state index contributed by atoms with van der Waals surface area (Å²) in [4.78, 5) is 36.3. The number of nitrogens with two attached hydrogens (primary N) is 1. The maximum absolute atomic E-state index is 12.4. The highest BCUT2D eigenvalue weighted by atomic mass is 16.6. The minimum Gasteiger partial charge on any atom is -0.459 e. The van der Waals surface area contributed by atoms with Gasteiger partial charge in [-0.1, -0.05) is 24.3 Å². The van der Waals surface area contributed by atoms with E-state index >= 15 is 0 Å². The Kier molecular flexibility index (Phi) is 4.28. The summed E-state index contributed by atoms with van der Waals surface area (Å²) in [5, 5.41) is 0. The van der Waals surface area contributed by atoms with Crippen molar-refractivity contribution in [3.05, 3.63) is 47.0 Å². The molecule has 116 valence electrons. The van der Waals surface area contributed by atoms with Gasteiger partial charge < -0.3 is 10.5 Å². The molecule has 0 bridgehead atoms. The van der Waals surface area contributed by atoms with E-state index in [2.05, 4.69) is 0 Å². The fraction of sp³-hybridized carbons (Fsp3) is 0.353. The van der Waals surface area contributed by atoms with Gasteiger partial charge in [-0.3, -0.25) is 14.4 Å². The monoisotopic (exact) mass is 301 g/mol. The van der Waals surface area contributed by atoms with E-state index in [0.29, 0.717) is 11.1 Å². The molecule has 5 heteroatoms. The first-order chi connectivity index (χ1) is 10.2. The van der Waals surface area contributed by atoms with Crippen molar-refractivity contribution in [3.8, 4) is 0 Å². The van der Waals surface area contributed by atoms with Crippen molar-refractivity contribution in [1.82, 2.24) is 0 Å². The molecule has 22 heavy (non-hydrogen) atoms. The highest BCUT2D eigenvalue weighted by molar-refractivity contribution is 6.24. The lowest BCUT2D eigenvalue weighted by Crippen LogP contribution is -2.38. The second kappa shape index (κ2) is 5.85. The van der Waals surface area contributed by atoms with Crippen LogP contribution in [0.25, 0.3) is 0 Å². The zero-order valence-electron chi connectivity index (χ0n) is 12.9. The molecule has 1 aliphatic rings. The van der Waals surface area contributed by atoms with Gasteiger partial charge in [-0.25, -0.2) is 0 Å². The van der Waals surface area contributed by atoms with E-state index in [0.717, 1.165) is 0 Å². The number of fused-ring (bicyclic) bond motifs is 1. The molecule has 1 aromatic rings. The van der Waals surface area contributed by atoms with Gasteiger partial charge in [-0.2, -0.15) is 0 Å². The van der Waals surface area contributed by atoms with Gasteiger partial charge in [0.1, 0.15) is 11.6 Å². The third kappa shape index (κ3) is 3.49. The van der Waals surface area contributed by atoms with Crippen LogP contribution in [0.3, 0.4) is 0 Å². The molecule has 0 spiro atoms. The number of carbonyl (C=O) groups excluding carboxylic acids is 3. The third-order valence-electron chi connectivity index (χ3n) is 3.18. The van der Waals surface area contributed by atoms with Crippen molar-refractivity contribution in [2.24, 2.45) is 5.73 Å². The van der Waals surface area contributed by atoms with E-state index in [9.17, 15) is 14.4 Å². The first-order valence-corrected chi connectivity index (χ1v) is 7.06. The Hall–Kier alpha value is -2.27. The second-order valence-electron chi connectivity index (χ2n) is 6.25. The predicted molar refractivity (Wildman–Crippen MR) is 81.6 cm³/mol. The molecule has 0 aliphatic heterocycles. The van der Waals surface area contributed by atoms with Crippen LogP contribution in [-0.4, -0.2) is 29.2 Å². The molecule has 1 aliphatic carbocycles. The average Bonchev–Trinajstić information content (AvgIpc) is 2.42. The molecular weight excluding hydrogens is 282 g/mol. The van der Waals surface area contributed by atoms with Gasteiger partial charge in [-0.15, -0.1) is 0 Å². The lowest BCUT2D eigenvalue weighted by Gasteiger charge is -2.23. The first kappa shape index (κ1) is 16.1. The molecule has 1 unspecified atom stereocenters. The molecule has 0 aromatic heterocycles. The van der Waals surface area contributed by atoms with Crippen molar-refractivity contribution in [3.63, 3.8) is 0 Å². The second-order valence-corrected chi connectivity index (χ2v) is 6.25. The molecule has 2 rings (SSSR count). The van der Waals surface area contributed by atoms with Crippen LogP contribution < -0.4 is 5.73 Å². The van der Waals surface area contributed by atoms with Gasteiger partial charge >= 0.3 is 5.97 Å². The molecule has 1 atom stereocenters. The van der Waals surface area contributed by atoms with E-state index in [-0.39, 0.29) is 23.6 Å². The van der Waals surface area contributed by atoms with Crippen LogP contribution in [0.15, 0.2) is 35.9 Å². The number of ether oxygens (including phenoxy) is 1. The zero-order valence-corrected chi connectivity index (χ0v) is 12.9. The lowest BCUT2D eigenvalue weighted by atomic mass is 9.87. The van der Waals surface area contributed by atoms with E-state index in [4.69, 9.17) is 10.5 Å². The minimum atomic E-state index is -0.979. The number of hydrogen-bond donors (Lipinski definition) is 1. The Morgan fingerprint density at radius 1 is 1.18 bits per heavy atom. The topological polar surface area (TPSA) is 86.5 Å². The molecule has 5 nitrogen and oxygen atoms in total. The summed E-state index contributed by atoms with van der Waals surface area (Å²) < 4.78 is 5.19. The van der Waals surface area contributed by atoms with E-state index in [1.54, 1.807) is 45.0 Å². The van der Waals surface area contributed by atoms with Crippen LogP contribution >= 0.6 is 0 Å². The van der Waals surface area contributed by atoms with Crippen LogP contribution in [0.4, 0.5) is 0 Å². The molecule has 0 amide bonds. The molecular formula is C17H19NO4. The van der Waals surface area contributed by atoms with Crippen LogP contribution in [-0.2, 0) is 9.53 Å². The molecule has 2 N–H and O–H groups in total. The van der Waals surface area contributed by atoms with E-state index < -0.39 is 17.6 Å². The number of esters is 1. The molecule has 0 saturated heterocycles. The Morgan fingerprint density at radius 3 is 2.36 bits per heavy atom. The largest absolute Gasteiger partial charge is 0.459 e. The molecule has 1 aromatic carbocycles. The maximum Gasteiger partial charge on any atom is 0.323 e. The number of rotatable bonds is 3. The van der Waals surface area contributed by atoms with E-state index in [1.807, 2.05) is 0 Å². The zero-order chi connectivity index (χ0) is 16.5. The van der Waals surface area contributed by atoms with Crippen molar-refractivity contribution >= 4 is 17.5 Å². The molecule has 0 fully saturated rings. The summed E-state index contributed by atoms with van der Waals surface area (Å²) in [6.07, 6.45) is 1.24. The molecule has 0 heterocycles. The SMILES string of the molecule is CC(C)(C)OC(=O)C(N)CC1=CC(=O)c2ccccc2C1=O. The summed E-state index contributed by atoms with van der Waals surface area (Å²) >= 11 is 0. The Bertz CT molecular complexity index is 667. The highest BCUT2D eigenvalue weighted by Crippen LogP contribution is 2.24. The van der Waals surface area contributed by atoms with Crippen LogP contribution in [0.2, 0.25) is 0 Å². The Morgan fingerprint density at radius 2 is 1.77 bits per heavy atom. The standard InChI is InChI=1S/C17H19NO4/c1-17(2,3)22-16(21)13(18)8-10-9-14(19)11-6-4-5-7-12(11)15(10)20/h4-7,9,13H,8,18H2,1-3H3. The fourth-order valence-corrected chi connectivity index (χ4v) is 2.22. The number of hydrogen-bond acceptors (Lipinski definition) is 5. The normalized spacial score (nSPS) is 15.9. The summed E-state index contributed by atoms with van der Waals surface area (Å²) in [7, 11) is 0. The number of benzene rings is 1. The highest BCUT2D eigenvalue weighted by Gasteiger charge is 2.29. The van der Waals surface area contributed by atoms with Crippen LogP contribution in [0.5, 0.6) is 0 Å². The summed E-state index contributed by atoms with van der Waals surface area (Å²) in [6, 6.07) is 5.63. The number of Topliss-reactive ketones (excluding diaryl/α,β-unsaturated/α-hetero) is 1. The fourth-order valence-electron chi connectivity index (χ4n) is 2.22. The number of ketones is 2. The van der Waals surface area contributed by atoms with Crippen molar-refractivity contribution in [2.45, 2.75) is 38.8 Å². The lowest BCUT2D eigenvalue weighted by molar-refractivity contribution is -0.156. The Labute approximate surface area is 129 Å². The van der Waals surface area contributed by atoms with Gasteiger partial charge in [0.2, 0.25) is 0 Å². The van der Waals surface area contributed by atoms with Crippen LogP contribution in [0, 0.1) is 0 Å². The third-order valence-corrected chi connectivity index (χ3v) is 3.18. The predicted octanol–water partition coefficient (Wildman–Crippen LogP) is 2.05. The molecule has 0 radical (unpaired) electrons. The maximum atomic E-state index is 12.4.